The topological polar surface area (TPSA) is 90.5 Å². The lowest BCUT2D eigenvalue weighted by molar-refractivity contribution is -0.141. The first kappa shape index (κ1) is 25.2. The molecule has 0 bridgehead atoms. The van der Waals surface area contributed by atoms with E-state index in [1.54, 1.807) is 14.0 Å². The molecule has 1 saturated heterocycles. The quantitative estimate of drug-likeness (QED) is 0.595. The van der Waals surface area contributed by atoms with E-state index in [9.17, 15) is 14.4 Å². The highest BCUT2D eigenvalue weighted by Gasteiger charge is 2.49. The van der Waals surface area contributed by atoms with Crippen molar-refractivity contribution >= 4 is 28.5 Å². The third kappa shape index (κ3) is 5.06. The van der Waals surface area contributed by atoms with Gasteiger partial charge in [0, 0.05) is 18.2 Å². The number of rotatable bonds is 6. The van der Waals surface area contributed by atoms with E-state index in [1.165, 1.54) is 0 Å². The van der Waals surface area contributed by atoms with Gasteiger partial charge in [0.15, 0.2) is 0 Å². The zero-order chi connectivity index (χ0) is 25.3. The van der Waals surface area contributed by atoms with E-state index in [2.05, 4.69) is 16.0 Å². The van der Waals surface area contributed by atoms with Gasteiger partial charge in [0.1, 0.15) is 6.04 Å². The van der Waals surface area contributed by atoms with Crippen LogP contribution >= 0.6 is 0 Å². The van der Waals surface area contributed by atoms with Gasteiger partial charge >= 0.3 is 0 Å². The maximum absolute atomic E-state index is 13.8. The second-order valence-corrected chi connectivity index (χ2v) is 11.1. The van der Waals surface area contributed by atoms with Crippen LogP contribution in [0.5, 0.6) is 0 Å². The molecule has 188 valence electrons. The molecule has 3 amide bonds. The summed E-state index contributed by atoms with van der Waals surface area (Å²) in [6.45, 7) is 8.35. The van der Waals surface area contributed by atoms with Crippen LogP contribution in [-0.4, -0.2) is 60.4 Å². The lowest BCUT2D eigenvalue weighted by Gasteiger charge is -2.38. The fraction of sp³-hybridized carbons (Fsp3) is 0.536. The van der Waals surface area contributed by atoms with Crippen molar-refractivity contribution in [2.24, 2.45) is 11.3 Å². The van der Waals surface area contributed by atoms with Gasteiger partial charge in [-0.15, -0.1) is 0 Å². The Hall–Kier alpha value is -2.93. The SMILES string of the molecule is CN[C@@H](C)C(=O)N[C@H](C(=O)N1CC[C@H]2CC[C@H](NC(=O)c3cccc4ccccc34)[C@@H]21)C(C)(C)C. The molecule has 35 heavy (non-hydrogen) atoms. The first-order valence-electron chi connectivity index (χ1n) is 12.7. The van der Waals surface area contributed by atoms with Crippen molar-refractivity contribution in [1.29, 1.82) is 0 Å². The number of carbonyl (C=O) groups excluding carboxylic acids is 3. The van der Waals surface area contributed by atoms with Gasteiger partial charge in [0.05, 0.1) is 12.1 Å². The minimum atomic E-state index is -0.639. The van der Waals surface area contributed by atoms with Crippen molar-refractivity contribution in [3.8, 4) is 0 Å². The molecule has 0 unspecified atom stereocenters. The van der Waals surface area contributed by atoms with Gasteiger partial charge in [-0.3, -0.25) is 14.4 Å². The lowest BCUT2D eigenvalue weighted by Crippen LogP contribution is -2.60. The Morgan fingerprint density at radius 1 is 1.00 bits per heavy atom. The van der Waals surface area contributed by atoms with E-state index < -0.39 is 17.5 Å². The molecule has 7 heteroatoms. The molecule has 1 heterocycles. The Kier molecular flexibility index (Phi) is 7.17. The fourth-order valence-corrected chi connectivity index (χ4v) is 5.60. The minimum Gasteiger partial charge on any atom is -0.347 e. The number of likely N-dealkylation sites (N-methyl/N-ethyl adjacent to an activating group) is 1. The Bertz CT molecular complexity index is 1100. The zero-order valence-corrected chi connectivity index (χ0v) is 21.4. The average Bonchev–Trinajstić information content (AvgIpc) is 3.43. The molecule has 1 saturated carbocycles. The number of hydrogen-bond donors (Lipinski definition) is 3. The number of nitrogens with zero attached hydrogens (tertiary/aromatic N) is 1. The Balaban J connectivity index is 1.54. The molecule has 3 N–H and O–H groups in total. The lowest BCUT2D eigenvalue weighted by atomic mass is 9.85. The molecule has 2 aromatic carbocycles. The van der Waals surface area contributed by atoms with Crippen molar-refractivity contribution < 1.29 is 14.4 Å². The average molecular weight is 479 g/mol. The summed E-state index contributed by atoms with van der Waals surface area (Å²) in [5.41, 5.74) is 0.210. The monoisotopic (exact) mass is 478 g/mol. The predicted molar refractivity (Wildman–Crippen MR) is 138 cm³/mol. The Morgan fingerprint density at radius 3 is 2.43 bits per heavy atom. The molecule has 2 aromatic rings. The van der Waals surface area contributed by atoms with Crippen LogP contribution in [0.25, 0.3) is 10.8 Å². The van der Waals surface area contributed by atoms with Crippen LogP contribution in [0.4, 0.5) is 0 Å². The van der Waals surface area contributed by atoms with Crippen LogP contribution in [0.2, 0.25) is 0 Å². The highest BCUT2D eigenvalue weighted by molar-refractivity contribution is 6.07. The van der Waals surface area contributed by atoms with Crippen molar-refractivity contribution in [3.05, 3.63) is 48.0 Å². The highest BCUT2D eigenvalue weighted by Crippen LogP contribution is 2.39. The van der Waals surface area contributed by atoms with Gasteiger partial charge in [0.2, 0.25) is 11.8 Å². The Labute approximate surface area is 208 Å². The summed E-state index contributed by atoms with van der Waals surface area (Å²) in [6, 6.07) is 12.5. The molecule has 7 nitrogen and oxygen atoms in total. The minimum absolute atomic E-state index is 0.0510. The third-order valence-corrected chi connectivity index (χ3v) is 7.70. The molecule has 1 aliphatic carbocycles. The summed E-state index contributed by atoms with van der Waals surface area (Å²) in [5.74, 6) is 0.0105. The Morgan fingerprint density at radius 2 is 1.71 bits per heavy atom. The number of carbonyl (C=O) groups is 3. The van der Waals surface area contributed by atoms with Crippen LogP contribution < -0.4 is 16.0 Å². The van der Waals surface area contributed by atoms with Crippen LogP contribution in [0.15, 0.2) is 42.5 Å². The molecule has 0 radical (unpaired) electrons. The molecule has 2 fully saturated rings. The van der Waals surface area contributed by atoms with Crippen molar-refractivity contribution in [1.82, 2.24) is 20.9 Å². The summed E-state index contributed by atoms with van der Waals surface area (Å²) in [6.07, 6.45) is 2.76. The maximum atomic E-state index is 13.8. The normalized spacial score (nSPS) is 23.6. The highest BCUT2D eigenvalue weighted by atomic mass is 16.2. The van der Waals surface area contributed by atoms with Crippen LogP contribution in [0.3, 0.4) is 0 Å². The summed E-state index contributed by atoms with van der Waals surface area (Å²) in [4.78, 5) is 41.8. The summed E-state index contributed by atoms with van der Waals surface area (Å²) in [7, 11) is 1.73. The molecule has 1 aliphatic heterocycles. The molecule has 5 atom stereocenters. The van der Waals surface area contributed by atoms with Gasteiger partial charge in [-0.1, -0.05) is 57.2 Å². The smallest absolute Gasteiger partial charge is 0.252 e. The number of benzene rings is 2. The van der Waals surface area contributed by atoms with Gasteiger partial charge in [-0.05, 0) is 61.4 Å². The number of hydrogen-bond acceptors (Lipinski definition) is 4. The number of fused-ring (bicyclic) bond motifs is 2. The first-order valence-corrected chi connectivity index (χ1v) is 12.7. The number of nitrogens with one attached hydrogen (secondary N) is 3. The van der Waals surface area contributed by atoms with Crippen LogP contribution in [-0.2, 0) is 9.59 Å². The van der Waals surface area contributed by atoms with E-state index in [4.69, 9.17) is 0 Å². The second kappa shape index (κ2) is 9.97. The molecule has 0 aromatic heterocycles. The molecule has 4 rings (SSSR count). The summed E-state index contributed by atoms with van der Waals surface area (Å²) < 4.78 is 0. The van der Waals surface area contributed by atoms with Crippen molar-refractivity contribution in [3.63, 3.8) is 0 Å². The molecular weight excluding hydrogens is 440 g/mol. The van der Waals surface area contributed by atoms with Crippen LogP contribution in [0, 0.1) is 11.3 Å². The van der Waals surface area contributed by atoms with Crippen molar-refractivity contribution in [2.45, 2.75) is 71.1 Å². The molecular formula is C28H38N4O3. The van der Waals surface area contributed by atoms with E-state index in [0.717, 1.165) is 30.0 Å². The van der Waals surface area contributed by atoms with Gasteiger partial charge in [-0.2, -0.15) is 0 Å². The van der Waals surface area contributed by atoms with Gasteiger partial charge in [0.25, 0.3) is 5.91 Å². The van der Waals surface area contributed by atoms with E-state index in [0.29, 0.717) is 18.0 Å². The zero-order valence-electron chi connectivity index (χ0n) is 21.4. The van der Waals surface area contributed by atoms with Gasteiger partial charge in [-0.25, -0.2) is 0 Å². The standard InChI is InChI=1S/C28H38N4O3/c1-17(29-5)25(33)31-24(28(2,3)4)27(35)32-16-15-19-13-14-22(23(19)32)30-26(34)21-12-8-10-18-9-6-7-11-20(18)21/h6-12,17,19,22-24,29H,13-16H2,1-5H3,(H,30,34)(H,31,33)/t17-,19+,22-,23+,24+/m0/s1. The number of amides is 3. The maximum Gasteiger partial charge on any atom is 0.252 e. The summed E-state index contributed by atoms with van der Waals surface area (Å²) in [5, 5.41) is 11.1. The molecule has 2 aliphatic rings. The second-order valence-electron chi connectivity index (χ2n) is 11.1. The van der Waals surface area contributed by atoms with Gasteiger partial charge < -0.3 is 20.9 Å². The van der Waals surface area contributed by atoms with E-state index in [1.807, 2.05) is 68.1 Å². The fourth-order valence-electron chi connectivity index (χ4n) is 5.60. The summed E-state index contributed by atoms with van der Waals surface area (Å²) >= 11 is 0. The van der Waals surface area contributed by atoms with E-state index >= 15 is 0 Å². The van der Waals surface area contributed by atoms with Crippen LogP contribution in [0.1, 0.15) is 57.3 Å². The van der Waals surface area contributed by atoms with E-state index in [-0.39, 0.29) is 29.8 Å². The predicted octanol–water partition coefficient (Wildman–Crippen LogP) is 3.09. The first-order chi connectivity index (χ1) is 16.6. The largest absolute Gasteiger partial charge is 0.347 e. The number of likely N-dealkylation sites (tertiary alicyclic amines) is 1. The molecule has 0 spiro atoms. The van der Waals surface area contributed by atoms with Crippen molar-refractivity contribution in [2.75, 3.05) is 13.6 Å². The third-order valence-electron chi connectivity index (χ3n) is 7.70.